The van der Waals surface area contributed by atoms with Crippen LogP contribution >= 0.6 is 0 Å². The maximum atomic E-state index is 14.3. The molecule has 0 bridgehead atoms. The van der Waals surface area contributed by atoms with Gasteiger partial charge in [-0.1, -0.05) is 29.8 Å². The number of hydrogen-bond acceptors (Lipinski definition) is 4. The molecule has 1 amide bonds. The Hall–Kier alpha value is -3.71. The summed E-state index contributed by atoms with van der Waals surface area (Å²) in [5, 5.41) is 25.3. The quantitative estimate of drug-likeness (QED) is 0.573. The van der Waals surface area contributed by atoms with Crippen LogP contribution in [-0.4, -0.2) is 26.4 Å². The second-order valence-electron chi connectivity index (χ2n) is 7.50. The van der Waals surface area contributed by atoms with Crippen LogP contribution in [0.5, 0.6) is 0 Å². The van der Waals surface area contributed by atoms with Crippen LogP contribution in [0.25, 0.3) is 11.1 Å². The molecule has 0 spiro atoms. The summed E-state index contributed by atoms with van der Waals surface area (Å²) in [6, 6.07) is 11.1. The van der Waals surface area contributed by atoms with Crippen molar-refractivity contribution in [1.82, 2.24) is 9.78 Å². The number of nitriles is 1. The molecule has 1 aromatic heterocycles. The third-order valence-electron chi connectivity index (χ3n) is 4.74. The van der Waals surface area contributed by atoms with Crippen LogP contribution in [0.2, 0.25) is 0 Å². The number of amides is 1. The molecule has 3 aromatic rings. The van der Waals surface area contributed by atoms with Crippen LogP contribution in [0.3, 0.4) is 0 Å². The zero-order valence-corrected chi connectivity index (χ0v) is 17.0. The van der Waals surface area contributed by atoms with Crippen molar-refractivity contribution in [2.45, 2.75) is 32.2 Å². The van der Waals surface area contributed by atoms with Gasteiger partial charge in [-0.3, -0.25) is 9.48 Å². The lowest BCUT2D eigenvalue weighted by atomic mass is 10.0. The second-order valence-corrected chi connectivity index (χ2v) is 7.50. The Morgan fingerprint density at radius 2 is 1.88 bits per heavy atom. The van der Waals surface area contributed by atoms with Gasteiger partial charge in [-0.15, -0.1) is 5.10 Å². The number of carbonyl (C=O) groups is 1. The molecule has 0 radical (unpaired) electrons. The maximum Gasteiger partial charge on any atom is 0.417 e. The fraction of sp³-hybridized carbons (Fsp3) is 0.227. The van der Waals surface area contributed by atoms with Gasteiger partial charge in [-0.25, -0.2) is 0 Å². The normalized spacial score (nSPS) is 13.3. The first-order valence-corrected chi connectivity index (χ1v) is 9.36. The summed E-state index contributed by atoms with van der Waals surface area (Å²) in [6.07, 6.45) is -3.47. The van der Waals surface area contributed by atoms with Gasteiger partial charge in [0.2, 0.25) is 5.95 Å². The van der Waals surface area contributed by atoms with Crippen LogP contribution in [0.1, 0.15) is 23.6 Å². The first kappa shape index (κ1) is 23.0. The topological polar surface area (TPSA) is 90.9 Å². The third kappa shape index (κ3) is 4.95. The minimum atomic E-state index is -4.80. The van der Waals surface area contributed by atoms with Crippen LogP contribution < -0.4 is 5.32 Å². The number of benzene rings is 2. The van der Waals surface area contributed by atoms with Crippen molar-refractivity contribution in [2.24, 2.45) is 0 Å². The molecule has 0 aliphatic carbocycles. The zero-order chi connectivity index (χ0) is 23.7. The summed E-state index contributed by atoms with van der Waals surface area (Å²) in [5.41, 5.74) is -2.49. The third-order valence-corrected chi connectivity index (χ3v) is 4.74. The molecule has 32 heavy (non-hydrogen) atoms. The summed E-state index contributed by atoms with van der Waals surface area (Å²) in [7, 11) is 0. The number of anilines is 1. The van der Waals surface area contributed by atoms with Gasteiger partial charge in [0.05, 0.1) is 29.3 Å². The molecule has 0 aliphatic heterocycles. The van der Waals surface area contributed by atoms with Gasteiger partial charge in [0.1, 0.15) is 0 Å². The van der Waals surface area contributed by atoms with E-state index in [1.165, 1.54) is 12.3 Å². The van der Waals surface area contributed by atoms with E-state index in [0.717, 1.165) is 29.3 Å². The highest BCUT2D eigenvalue weighted by molar-refractivity contribution is 5.96. The lowest BCUT2D eigenvalue weighted by molar-refractivity contribution is -0.138. The Kier molecular flexibility index (Phi) is 6.05. The van der Waals surface area contributed by atoms with Crippen molar-refractivity contribution in [3.63, 3.8) is 0 Å². The van der Waals surface area contributed by atoms with Crippen LogP contribution in [0.4, 0.5) is 23.2 Å². The van der Waals surface area contributed by atoms with Gasteiger partial charge in [-0.05, 0) is 37.6 Å². The molecule has 1 atom stereocenters. The molecule has 3 rings (SSSR count). The number of halogens is 4. The van der Waals surface area contributed by atoms with Gasteiger partial charge in [0.25, 0.3) is 5.91 Å². The summed E-state index contributed by atoms with van der Waals surface area (Å²) < 4.78 is 54.7. The zero-order valence-electron chi connectivity index (χ0n) is 17.0. The Bertz CT molecular complexity index is 1190. The number of hydrogen-bond donors (Lipinski definition) is 2. The molecule has 6 nitrogen and oxygen atoms in total. The summed E-state index contributed by atoms with van der Waals surface area (Å²) in [5.74, 6) is -1.82. The van der Waals surface area contributed by atoms with Crippen molar-refractivity contribution >= 4 is 11.6 Å². The molecule has 2 aromatic carbocycles. The molecule has 10 heteroatoms. The number of nitrogens with zero attached hydrogens (tertiary/aromatic N) is 3. The van der Waals surface area contributed by atoms with Gasteiger partial charge >= 0.3 is 6.18 Å². The van der Waals surface area contributed by atoms with E-state index in [1.54, 1.807) is 24.3 Å². The summed E-state index contributed by atoms with van der Waals surface area (Å²) >= 11 is 0. The van der Waals surface area contributed by atoms with Gasteiger partial charge in [0.15, 0.2) is 5.60 Å². The van der Waals surface area contributed by atoms with E-state index < -0.39 is 41.3 Å². The molecule has 0 saturated heterocycles. The van der Waals surface area contributed by atoms with Crippen molar-refractivity contribution in [1.29, 1.82) is 5.26 Å². The van der Waals surface area contributed by atoms with E-state index in [0.29, 0.717) is 11.6 Å². The van der Waals surface area contributed by atoms with Crippen molar-refractivity contribution < 1.29 is 27.5 Å². The van der Waals surface area contributed by atoms with E-state index in [9.17, 15) is 27.5 Å². The fourth-order valence-corrected chi connectivity index (χ4v) is 3.01. The number of rotatable bonds is 5. The molecular formula is C22H18F4N4O2. The average molecular weight is 446 g/mol. The second kappa shape index (κ2) is 8.43. The van der Waals surface area contributed by atoms with Crippen LogP contribution in [-0.2, 0) is 17.5 Å². The summed E-state index contributed by atoms with van der Waals surface area (Å²) in [4.78, 5) is 12.5. The molecule has 0 saturated carbocycles. The first-order chi connectivity index (χ1) is 14.9. The molecular weight excluding hydrogens is 428 g/mol. The lowest BCUT2D eigenvalue weighted by Crippen LogP contribution is -2.43. The standard InChI is InChI=1S/C22H18F4N4O2/c1-13-3-5-14(6-4-13)17-11-30(29-19(17)23)12-21(2,32)20(31)28-16-8-7-15(10-27)18(9-16)22(24,25)26/h3-9,11,32H,12H2,1-2H3,(H,28,31). The van der Waals surface area contributed by atoms with Crippen molar-refractivity contribution in [3.8, 4) is 17.2 Å². The Morgan fingerprint density at radius 3 is 2.47 bits per heavy atom. The molecule has 0 fully saturated rings. The van der Waals surface area contributed by atoms with Gasteiger partial charge in [-0.2, -0.15) is 22.8 Å². The van der Waals surface area contributed by atoms with E-state index in [4.69, 9.17) is 5.26 Å². The van der Waals surface area contributed by atoms with Crippen LogP contribution in [0.15, 0.2) is 48.7 Å². The number of carbonyl (C=O) groups excluding carboxylic acids is 1. The predicted molar refractivity (Wildman–Crippen MR) is 108 cm³/mol. The minimum Gasteiger partial charge on any atom is -0.378 e. The number of alkyl halides is 3. The molecule has 2 N–H and O–H groups in total. The van der Waals surface area contributed by atoms with Crippen molar-refractivity contribution in [2.75, 3.05) is 5.32 Å². The van der Waals surface area contributed by atoms with Gasteiger partial charge in [0, 0.05) is 11.9 Å². The SMILES string of the molecule is Cc1ccc(-c2cn(CC(C)(O)C(=O)Nc3ccc(C#N)c(C(F)(F)F)c3)nc2F)cc1. The van der Waals surface area contributed by atoms with E-state index in [2.05, 4.69) is 10.4 Å². The molecule has 166 valence electrons. The molecule has 0 aliphatic rings. The maximum absolute atomic E-state index is 14.3. The number of aliphatic hydroxyl groups is 1. The number of aromatic nitrogens is 2. The lowest BCUT2D eigenvalue weighted by Gasteiger charge is -2.22. The molecule has 1 heterocycles. The summed E-state index contributed by atoms with van der Waals surface area (Å²) in [6.45, 7) is 2.55. The highest BCUT2D eigenvalue weighted by Gasteiger charge is 2.35. The Labute approximate surface area is 180 Å². The highest BCUT2D eigenvalue weighted by Crippen LogP contribution is 2.33. The largest absolute Gasteiger partial charge is 0.417 e. The minimum absolute atomic E-state index is 0.170. The predicted octanol–water partition coefficient (Wildman–Crippen LogP) is 4.28. The van der Waals surface area contributed by atoms with Crippen molar-refractivity contribution in [3.05, 3.63) is 71.3 Å². The monoisotopic (exact) mass is 446 g/mol. The van der Waals surface area contributed by atoms with E-state index >= 15 is 0 Å². The molecule has 1 unspecified atom stereocenters. The Balaban J connectivity index is 1.79. The van der Waals surface area contributed by atoms with Gasteiger partial charge < -0.3 is 10.4 Å². The van der Waals surface area contributed by atoms with E-state index in [1.807, 2.05) is 6.92 Å². The Morgan fingerprint density at radius 1 is 1.22 bits per heavy atom. The average Bonchev–Trinajstić information content (AvgIpc) is 3.07. The van der Waals surface area contributed by atoms with E-state index in [-0.39, 0.29) is 11.3 Å². The number of aryl methyl sites for hydroxylation is 1. The highest BCUT2D eigenvalue weighted by atomic mass is 19.4. The first-order valence-electron chi connectivity index (χ1n) is 9.36. The fourth-order valence-electron chi connectivity index (χ4n) is 3.01. The smallest absolute Gasteiger partial charge is 0.378 e. The number of nitrogens with one attached hydrogen (secondary N) is 1. The van der Waals surface area contributed by atoms with Crippen LogP contribution in [0, 0.1) is 24.2 Å².